The molecule has 0 aliphatic carbocycles. The third kappa shape index (κ3) is 3.29. The number of carbonyl (C=O) groups excluding carboxylic acids is 2. The third-order valence-corrected chi connectivity index (χ3v) is 3.50. The molecule has 1 unspecified atom stereocenters. The molecule has 1 aromatic rings. The molecule has 1 aliphatic heterocycles. The van der Waals surface area contributed by atoms with Crippen molar-refractivity contribution in [3.05, 3.63) is 29.3 Å². The molecular formula is C15H20N2O3. The quantitative estimate of drug-likeness (QED) is 0.919. The van der Waals surface area contributed by atoms with E-state index in [0.717, 1.165) is 16.8 Å². The SMILES string of the molecule is Cc1cccc(C)c1NC(=O)CCC1CN(C)C(=O)O1. The minimum atomic E-state index is -0.315. The number of rotatable bonds is 4. The Morgan fingerprint density at radius 3 is 2.60 bits per heavy atom. The number of anilines is 1. The van der Waals surface area contributed by atoms with Gasteiger partial charge in [0.05, 0.1) is 6.54 Å². The first kappa shape index (κ1) is 14.4. The Morgan fingerprint density at radius 2 is 2.05 bits per heavy atom. The molecule has 0 aromatic heterocycles. The maximum absolute atomic E-state index is 12.0. The lowest BCUT2D eigenvalue weighted by molar-refractivity contribution is -0.116. The first-order valence-corrected chi connectivity index (χ1v) is 6.75. The predicted molar refractivity (Wildman–Crippen MR) is 76.7 cm³/mol. The second-order valence-electron chi connectivity index (χ2n) is 5.24. The fraction of sp³-hybridized carbons (Fsp3) is 0.467. The summed E-state index contributed by atoms with van der Waals surface area (Å²) < 4.78 is 5.13. The molecule has 0 bridgehead atoms. The van der Waals surface area contributed by atoms with E-state index in [9.17, 15) is 9.59 Å². The minimum absolute atomic E-state index is 0.0481. The predicted octanol–water partition coefficient (Wildman–Crippen LogP) is 2.47. The van der Waals surface area contributed by atoms with Crippen molar-refractivity contribution in [1.82, 2.24) is 4.90 Å². The molecule has 5 heteroatoms. The fourth-order valence-electron chi connectivity index (χ4n) is 2.31. The van der Waals surface area contributed by atoms with Crippen LogP contribution in [0.3, 0.4) is 0 Å². The van der Waals surface area contributed by atoms with Crippen LogP contribution in [0.1, 0.15) is 24.0 Å². The van der Waals surface area contributed by atoms with Crippen LogP contribution in [0.25, 0.3) is 0 Å². The van der Waals surface area contributed by atoms with Gasteiger partial charge in [0.1, 0.15) is 6.10 Å². The molecule has 1 aliphatic rings. The van der Waals surface area contributed by atoms with Crippen LogP contribution in [0.15, 0.2) is 18.2 Å². The van der Waals surface area contributed by atoms with Gasteiger partial charge in [-0.15, -0.1) is 0 Å². The normalized spacial score (nSPS) is 18.1. The van der Waals surface area contributed by atoms with Crippen molar-refractivity contribution in [2.24, 2.45) is 0 Å². The number of ether oxygens (including phenoxy) is 1. The summed E-state index contributed by atoms with van der Waals surface area (Å²) in [7, 11) is 1.69. The average molecular weight is 276 g/mol. The monoisotopic (exact) mass is 276 g/mol. The van der Waals surface area contributed by atoms with Crippen LogP contribution in [0.4, 0.5) is 10.5 Å². The van der Waals surface area contributed by atoms with Gasteiger partial charge in [-0.05, 0) is 31.4 Å². The van der Waals surface area contributed by atoms with Gasteiger partial charge in [-0.2, -0.15) is 0 Å². The van der Waals surface area contributed by atoms with E-state index >= 15 is 0 Å². The molecule has 1 fully saturated rings. The van der Waals surface area contributed by atoms with Gasteiger partial charge in [0, 0.05) is 19.2 Å². The molecule has 108 valence electrons. The van der Waals surface area contributed by atoms with Gasteiger partial charge in [0.2, 0.25) is 5.91 Å². The highest BCUT2D eigenvalue weighted by atomic mass is 16.6. The van der Waals surface area contributed by atoms with Gasteiger partial charge in [-0.1, -0.05) is 18.2 Å². The summed E-state index contributed by atoms with van der Waals surface area (Å²) in [6, 6.07) is 5.90. The largest absolute Gasteiger partial charge is 0.444 e. The molecular weight excluding hydrogens is 256 g/mol. The molecule has 0 radical (unpaired) electrons. The Morgan fingerprint density at radius 1 is 1.40 bits per heavy atom. The number of amides is 2. The lowest BCUT2D eigenvalue weighted by Crippen LogP contribution is -2.20. The van der Waals surface area contributed by atoms with E-state index in [-0.39, 0.29) is 18.1 Å². The van der Waals surface area contributed by atoms with Crippen molar-refractivity contribution in [3.8, 4) is 0 Å². The van der Waals surface area contributed by atoms with Crippen LogP contribution in [-0.4, -0.2) is 36.6 Å². The fourth-order valence-corrected chi connectivity index (χ4v) is 2.31. The van der Waals surface area contributed by atoms with Gasteiger partial charge in [-0.25, -0.2) is 4.79 Å². The van der Waals surface area contributed by atoms with Gasteiger partial charge in [0.25, 0.3) is 0 Å². The second-order valence-corrected chi connectivity index (χ2v) is 5.24. The number of aryl methyl sites for hydroxylation is 2. The smallest absolute Gasteiger partial charge is 0.409 e. The standard InChI is InChI=1S/C15H20N2O3/c1-10-5-4-6-11(2)14(10)16-13(18)8-7-12-9-17(3)15(19)20-12/h4-6,12H,7-9H2,1-3H3,(H,16,18). The Kier molecular flexibility index (Phi) is 4.27. The topological polar surface area (TPSA) is 58.6 Å². The van der Waals surface area contributed by atoms with Crippen molar-refractivity contribution in [2.45, 2.75) is 32.8 Å². The van der Waals surface area contributed by atoms with E-state index in [1.807, 2.05) is 32.0 Å². The number of nitrogens with one attached hydrogen (secondary N) is 1. The highest BCUT2D eigenvalue weighted by molar-refractivity contribution is 5.92. The summed E-state index contributed by atoms with van der Waals surface area (Å²) in [5, 5.41) is 2.93. The summed E-state index contributed by atoms with van der Waals surface area (Å²) in [6.07, 6.45) is 0.397. The first-order valence-electron chi connectivity index (χ1n) is 6.75. The number of cyclic esters (lactones) is 1. The number of hydrogen-bond acceptors (Lipinski definition) is 3. The number of carbonyl (C=O) groups is 2. The molecule has 2 amide bonds. The average Bonchev–Trinajstić information content (AvgIpc) is 2.71. The van der Waals surface area contributed by atoms with Crippen LogP contribution in [0.2, 0.25) is 0 Å². The molecule has 1 saturated heterocycles. The molecule has 0 saturated carbocycles. The number of likely N-dealkylation sites (N-methyl/N-ethyl adjacent to an activating group) is 1. The van der Waals surface area contributed by atoms with Crippen LogP contribution in [-0.2, 0) is 9.53 Å². The zero-order valence-electron chi connectivity index (χ0n) is 12.1. The third-order valence-electron chi connectivity index (χ3n) is 3.50. The molecule has 1 heterocycles. The van der Waals surface area contributed by atoms with Crippen molar-refractivity contribution >= 4 is 17.7 Å². The van der Waals surface area contributed by atoms with E-state index < -0.39 is 0 Å². The summed E-state index contributed by atoms with van der Waals surface area (Å²) in [5.41, 5.74) is 2.97. The molecule has 5 nitrogen and oxygen atoms in total. The Labute approximate surface area is 118 Å². The van der Waals surface area contributed by atoms with E-state index in [0.29, 0.717) is 19.4 Å². The van der Waals surface area contributed by atoms with Crippen LogP contribution in [0.5, 0.6) is 0 Å². The van der Waals surface area contributed by atoms with Crippen molar-refractivity contribution < 1.29 is 14.3 Å². The van der Waals surface area contributed by atoms with E-state index in [4.69, 9.17) is 4.74 Å². The van der Waals surface area contributed by atoms with Gasteiger partial charge in [-0.3, -0.25) is 4.79 Å². The number of hydrogen-bond donors (Lipinski definition) is 1. The highest BCUT2D eigenvalue weighted by Crippen LogP contribution is 2.20. The van der Waals surface area contributed by atoms with Crippen molar-refractivity contribution in [2.75, 3.05) is 18.9 Å². The molecule has 1 atom stereocenters. The highest BCUT2D eigenvalue weighted by Gasteiger charge is 2.28. The van der Waals surface area contributed by atoms with Crippen LogP contribution in [0, 0.1) is 13.8 Å². The second kappa shape index (κ2) is 5.94. The van der Waals surface area contributed by atoms with Crippen molar-refractivity contribution in [3.63, 3.8) is 0 Å². The summed E-state index contributed by atoms with van der Waals surface area (Å²) in [5.74, 6) is -0.0481. The zero-order valence-corrected chi connectivity index (χ0v) is 12.1. The molecule has 1 aromatic carbocycles. The van der Waals surface area contributed by atoms with Crippen molar-refractivity contribution in [1.29, 1.82) is 0 Å². The Bertz CT molecular complexity index is 508. The molecule has 2 rings (SSSR count). The number of nitrogens with zero attached hydrogens (tertiary/aromatic N) is 1. The molecule has 1 N–H and O–H groups in total. The number of benzene rings is 1. The van der Waals surface area contributed by atoms with Gasteiger partial charge < -0.3 is 15.0 Å². The lowest BCUT2D eigenvalue weighted by atomic mass is 10.1. The zero-order chi connectivity index (χ0) is 14.7. The van der Waals surface area contributed by atoms with Crippen LogP contribution >= 0.6 is 0 Å². The summed E-state index contributed by atoms with van der Waals surface area (Å²) in [6.45, 7) is 4.49. The maximum Gasteiger partial charge on any atom is 0.409 e. The Hall–Kier alpha value is -2.04. The maximum atomic E-state index is 12.0. The van der Waals surface area contributed by atoms with Crippen LogP contribution < -0.4 is 5.32 Å². The minimum Gasteiger partial charge on any atom is -0.444 e. The Balaban J connectivity index is 1.86. The molecule has 20 heavy (non-hydrogen) atoms. The van der Waals surface area contributed by atoms with Gasteiger partial charge in [0.15, 0.2) is 0 Å². The molecule has 0 spiro atoms. The van der Waals surface area contributed by atoms with E-state index in [2.05, 4.69) is 5.32 Å². The number of para-hydroxylation sites is 1. The van der Waals surface area contributed by atoms with E-state index in [1.54, 1.807) is 7.05 Å². The van der Waals surface area contributed by atoms with E-state index in [1.165, 1.54) is 4.90 Å². The van der Waals surface area contributed by atoms with Gasteiger partial charge >= 0.3 is 6.09 Å². The summed E-state index contributed by atoms with van der Waals surface area (Å²) in [4.78, 5) is 24.7. The first-order chi connectivity index (χ1) is 9.47. The summed E-state index contributed by atoms with van der Waals surface area (Å²) >= 11 is 0. The lowest BCUT2D eigenvalue weighted by Gasteiger charge is -2.12.